The lowest BCUT2D eigenvalue weighted by Gasteiger charge is -2.10. The van der Waals surface area contributed by atoms with E-state index in [2.05, 4.69) is 26.2 Å². The van der Waals surface area contributed by atoms with Gasteiger partial charge in [-0.3, -0.25) is 9.78 Å². The van der Waals surface area contributed by atoms with Gasteiger partial charge >= 0.3 is 0 Å². The van der Waals surface area contributed by atoms with Crippen molar-refractivity contribution in [3.05, 3.63) is 63.2 Å². The fraction of sp³-hybridized carbons (Fsp3) is 0.118. The molecular formula is C17H13BrN2O2S2. The first kappa shape index (κ1) is 17.1. The van der Waals surface area contributed by atoms with E-state index in [9.17, 15) is 4.79 Å². The minimum atomic E-state index is -0.176. The number of nitrogens with zero attached hydrogens (tertiary/aromatic N) is 1. The molecule has 1 saturated heterocycles. The third kappa shape index (κ3) is 4.43. The van der Waals surface area contributed by atoms with Crippen LogP contribution >= 0.6 is 39.9 Å². The van der Waals surface area contributed by atoms with Gasteiger partial charge in [0.05, 0.1) is 11.5 Å². The number of nitrogens with one attached hydrogen (secondary N) is 1. The summed E-state index contributed by atoms with van der Waals surface area (Å²) in [5.41, 5.74) is 1.80. The number of ether oxygens (including phenoxy) is 1. The Morgan fingerprint density at radius 3 is 2.92 bits per heavy atom. The molecule has 0 bridgehead atoms. The third-order valence-electron chi connectivity index (χ3n) is 3.24. The zero-order valence-electron chi connectivity index (χ0n) is 12.5. The minimum Gasteiger partial charge on any atom is -0.493 e. The Bertz CT molecular complexity index is 809. The van der Waals surface area contributed by atoms with Crippen LogP contribution in [0.25, 0.3) is 6.08 Å². The molecule has 3 rings (SSSR count). The van der Waals surface area contributed by atoms with Gasteiger partial charge in [-0.1, -0.05) is 46.0 Å². The number of benzene rings is 1. The maximum atomic E-state index is 11.8. The predicted molar refractivity (Wildman–Crippen MR) is 104 cm³/mol. The van der Waals surface area contributed by atoms with E-state index in [0.29, 0.717) is 28.0 Å². The maximum Gasteiger partial charge on any atom is 0.263 e. The maximum absolute atomic E-state index is 11.8. The fourth-order valence-electron chi connectivity index (χ4n) is 2.14. The summed E-state index contributed by atoms with van der Waals surface area (Å²) in [5.74, 6) is 0.539. The van der Waals surface area contributed by atoms with E-state index in [-0.39, 0.29) is 5.91 Å². The summed E-state index contributed by atoms with van der Waals surface area (Å²) >= 11 is 9.72. The first-order valence-electron chi connectivity index (χ1n) is 7.19. The number of aromatic nitrogens is 1. The van der Waals surface area contributed by atoms with Crippen molar-refractivity contribution in [1.82, 2.24) is 10.3 Å². The van der Waals surface area contributed by atoms with Gasteiger partial charge in [-0.05, 0) is 36.4 Å². The van der Waals surface area contributed by atoms with E-state index in [1.165, 1.54) is 11.8 Å². The molecule has 0 aliphatic carbocycles. The lowest BCUT2D eigenvalue weighted by Crippen LogP contribution is -2.17. The molecule has 1 amide bonds. The predicted octanol–water partition coefficient (Wildman–Crippen LogP) is 3.95. The van der Waals surface area contributed by atoms with Crippen molar-refractivity contribution < 1.29 is 9.53 Å². The molecule has 1 aromatic heterocycles. The summed E-state index contributed by atoms with van der Waals surface area (Å²) < 4.78 is 7.27. The molecular weight excluding hydrogens is 408 g/mol. The summed E-state index contributed by atoms with van der Waals surface area (Å²) in [7, 11) is 0. The van der Waals surface area contributed by atoms with Gasteiger partial charge in [0.1, 0.15) is 10.1 Å². The molecule has 24 heavy (non-hydrogen) atoms. The molecule has 0 spiro atoms. The number of rotatable bonds is 5. The molecule has 0 saturated carbocycles. The molecule has 0 unspecified atom stereocenters. The van der Waals surface area contributed by atoms with Crippen LogP contribution in [-0.4, -0.2) is 21.8 Å². The van der Waals surface area contributed by atoms with Crippen molar-refractivity contribution in [2.45, 2.75) is 6.42 Å². The summed E-state index contributed by atoms with van der Waals surface area (Å²) in [4.78, 5) is 16.7. The van der Waals surface area contributed by atoms with Gasteiger partial charge in [0.2, 0.25) is 0 Å². The van der Waals surface area contributed by atoms with Crippen molar-refractivity contribution in [2.24, 2.45) is 0 Å². The van der Waals surface area contributed by atoms with Crippen molar-refractivity contribution in [3.8, 4) is 5.75 Å². The molecule has 4 nitrogen and oxygen atoms in total. The van der Waals surface area contributed by atoms with Gasteiger partial charge in [0.25, 0.3) is 5.91 Å². The lowest BCUT2D eigenvalue weighted by molar-refractivity contribution is -0.115. The normalized spacial score (nSPS) is 15.6. The Hall–Kier alpha value is -1.70. The first-order valence-corrected chi connectivity index (χ1v) is 9.21. The van der Waals surface area contributed by atoms with E-state index < -0.39 is 0 Å². The Labute approximate surface area is 157 Å². The van der Waals surface area contributed by atoms with Crippen molar-refractivity contribution in [1.29, 1.82) is 0 Å². The lowest BCUT2D eigenvalue weighted by atomic mass is 10.2. The highest BCUT2D eigenvalue weighted by atomic mass is 79.9. The van der Waals surface area contributed by atoms with E-state index in [4.69, 9.17) is 17.0 Å². The van der Waals surface area contributed by atoms with Crippen LogP contribution in [0.3, 0.4) is 0 Å². The van der Waals surface area contributed by atoms with Crippen LogP contribution in [0.1, 0.15) is 11.3 Å². The second-order valence-corrected chi connectivity index (χ2v) is 7.59. The first-order chi connectivity index (χ1) is 11.6. The van der Waals surface area contributed by atoms with Crippen molar-refractivity contribution >= 4 is 56.2 Å². The third-order valence-corrected chi connectivity index (χ3v) is 4.90. The fourth-order valence-corrected chi connectivity index (χ4v) is 3.55. The molecule has 1 N–H and O–H groups in total. The van der Waals surface area contributed by atoms with Gasteiger partial charge in [-0.15, -0.1) is 0 Å². The Kier molecular flexibility index (Phi) is 5.65. The van der Waals surface area contributed by atoms with Gasteiger partial charge in [-0.25, -0.2) is 0 Å². The van der Waals surface area contributed by atoms with Crippen LogP contribution in [0.4, 0.5) is 0 Å². The second-order valence-electron chi connectivity index (χ2n) is 4.95. The molecule has 0 radical (unpaired) electrons. The molecule has 1 aromatic carbocycles. The summed E-state index contributed by atoms with van der Waals surface area (Å²) in [5, 5.41) is 2.61. The van der Waals surface area contributed by atoms with E-state index in [0.717, 1.165) is 15.7 Å². The number of carbonyl (C=O) groups excluding carboxylic acids is 1. The highest BCUT2D eigenvalue weighted by Crippen LogP contribution is 2.31. The topological polar surface area (TPSA) is 51.2 Å². The minimum absolute atomic E-state index is 0.176. The quantitative estimate of drug-likeness (QED) is 0.585. The van der Waals surface area contributed by atoms with Gasteiger partial charge in [0, 0.05) is 28.3 Å². The zero-order valence-corrected chi connectivity index (χ0v) is 15.7. The van der Waals surface area contributed by atoms with Crippen LogP contribution in [0.15, 0.2) is 52.0 Å². The summed E-state index contributed by atoms with van der Waals surface area (Å²) in [6.45, 7) is 0.507. The number of thiocarbonyl (C=S) groups is 1. The monoisotopic (exact) mass is 420 g/mol. The van der Waals surface area contributed by atoms with E-state index in [1.807, 2.05) is 36.4 Å². The molecule has 0 atom stereocenters. The smallest absolute Gasteiger partial charge is 0.263 e. The van der Waals surface area contributed by atoms with E-state index in [1.54, 1.807) is 12.3 Å². The Balaban J connectivity index is 1.75. The number of thioether (sulfide) groups is 1. The van der Waals surface area contributed by atoms with Gasteiger partial charge < -0.3 is 10.1 Å². The standard InChI is InChI=1S/C17H13BrN2O2S2/c18-12-4-5-14(22-8-6-13-3-1-2-7-19-13)11(9-12)10-15-16(21)20-17(23)24-15/h1-5,7,9-10H,6,8H2,(H,20,21,23)/b15-10+. The van der Waals surface area contributed by atoms with Crippen LogP contribution in [0.5, 0.6) is 5.75 Å². The molecule has 2 aromatic rings. The highest BCUT2D eigenvalue weighted by molar-refractivity contribution is 9.10. The molecule has 1 fully saturated rings. The van der Waals surface area contributed by atoms with Gasteiger partial charge in [-0.2, -0.15) is 0 Å². The number of hydrogen-bond donors (Lipinski definition) is 1. The van der Waals surface area contributed by atoms with Crippen LogP contribution in [-0.2, 0) is 11.2 Å². The van der Waals surface area contributed by atoms with E-state index >= 15 is 0 Å². The largest absolute Gasteiger partial charge is 0.493 e. The summed E-state index contributed by atoms with van der Waals surface area (Å²) in [6.07, 6.45) is 4.27. The Morgan fingerprint density at radius 2 is 2.21 bits per heavy atom. The average molecular weight is 421 g/mol. The molecule has 2 heterocycles. The number of halogens is 1. The molecule has 7 heteroatoms. The van der Waals surface area contributed by atoms with Crippen LogP contribution < -0.4 is 10.1 Å². The second kappa shape index (κ2) is 7.92. The SMILES string of the molecule is O=C1NC(=S)S/C1=C/c1cc(Br)ccc1OCCc1ccccn1. The Morgan fingerprint density at radius 1 is 1.33 bits per heavy atom. The number of carbonyl (C=O) groups is 1. The molecule has 1 aliphatic heterocycles. The highest BCUT2D eigenvalue weighted by Gasteiger charge is 2.22. The number of amides is 1. The number of pyridine rings is 1. The van der Waals surface area contributed by atoms with Crippen molar-refractivity contribution in [2.75, 3.05) is 6.61 Å². The molecule has 1 aliphatic rings. The molecule has 122 valence electrons. The van der Waals surface area contributed by atoms with Crippen LogP contribution in [0.2, 0.25) is 0 Å². The zero-order chi connectivity index (χ0) is 16.9. The van der Waals surface area contributed by atoms with Crippen molar-refractivity contribution in [3.63, 3.8) is 0 Å². The van der Waals surface area contributed by atoms with Crippen LogP contribution in [0, 0.1) is 0 Å². The number of hydrogen-bond acceptors (Lipinski definition) is 5. The average Bonchev–Trinajstić information content (AvgIpc) is 2.88. The van der Waals surface area contributed by atoms with Gasteiger partial charge in [0.15, 0.2) is 0 Å². The summed E-state index contributed by atoms with van der Waals surface area (Å²) in [6, 6.07) is 11.5.